The van der Waals surface area contributed by atoms with Crippen molar-refractivity contribution in [2.75, 3.05) is 30.6 Å². The molecule has 2 aromatic carbocycles. The number of halogens is 1. The number of methoxy groups -OCH3 is 1. The minimum absolute atomic E-state index is 0.290. The Balaban J connectivity index is 2.03. The zero-order valence-electron chi connectivity index (χ0n) is 15.4. The number of carbonyl (C=O) groups is 1. The van der Waals surface area contributed by atoms with Gasteiger partial charge in [-0.2, -0.15) is 0 Å². The lowest BCUT2D eigenvalue weighted by atomic mass is 10.1. The van der Waals surface area contributed by atoms with Crippen LogP contribution in [0.1, 0.15) is 6.92 Å². The lowest BCUT2D eigenvalue weighted by Crippen LogP contribution is -2.30. The highest BCUT2D eigenvalue weighted by Gasteiger charge is 2.17. The number of hydrogen-bond donors (Lipinski definition) is 3. The van der Waals surface area contributed by atoms with Gasteiger partial charge in [0.2, 0.25) is 0 Å². The van der Waals surface area contributed by atoms with Crippen LogP contribution >= 0.6 is 11.6 Å². The van der Waals surface area contributed by atoms with Crippen LogP contribution in [-0.2, 0) is 6.54 Å². The summed E-state index contributed by atoms with van der Waals surface area (Å²) in [6.07, 6.45) is 0. The molecule has 0 radical (unpaired) electrons. The normalized spacial score (nSPS) is 10.8. The van der Waals surface area contributed by atoms with E-state index in [9.17, 15) is 4.79 Å². The zero-order chi connectivity index (χ0) is 19.4. The zero-order valence-corrected chi connectivity index (χ0v) is 16.1. The van der Waals surface area contributed by atoms with Gasteiger partial charge in [0.05, 0.1) is 24.0 Å². The molecule has 0 aliphatic carbocycles. The molecule has 2 amide bonds. The van der Waals surface area contributed by atoms with Crippen molar-refractivity contribution in [2.45, 2.75) is 13.5 Å². The largest absolute Gasteiger partial charge is 0.497 e. The lowest BCUT2D eigenvalue weighted by molar-refractivity contribution is 0.252. The van der Waals surface area contributed by atoms with Crippen molar-refractivity contribution in [3.05, 3.63) is 42.5 Å². The highest BCUT2D eigenvalue weighted by Crippen LogP contribution is 2.38. The number of fused-ring (bicyclic) bond motifs is 1. The van der Waals surface area contributed by atoms with E-state index in [0.29, 0.717) is 23.8 Å². The molecule has 0 spiro atoms. The molecule has 7 heteroatoms. The standard InChI is InChI=1S/C20H23ClN4O2/c1-3-25-17-12-15(27-2)7-8-16(17)18(22)19(25)13-5-4-6-14(11-13)24-20(26)23-10-9-21/h4-8,11-12H,3,9-10,22H2,1-2H3,(H2,23,24,26). The molecule has 0 bridgehead atoms. The van der Waals surface area contributed by atoms with Gasteiger partial charge in [0, 0.05) is 41.7 Å². The molecule has 0 saturated carbocycles. The second-order valence-electron chi connectivity index (χ2n) is 6.04. The Hall–Kier alpha value is -2.86. The van der Waals surface area contributed by atoms with Gasteiger partial charge >= 0.3 is 6.03 Å². The lowest BCUT2D eigenvalue weighted by Gasteiger charge is -2.12. The summed E-state index contributed by atoms with van der Waals surface area (Å²) in [5, 5.41) is 6.48. The number of nitrogens with zero attached hydrogens (tertiary/aromatic N) is 1. The summed E-state index contributed by atoms with van der Waals surface area (Å²) in [7, 11) is 1.65. The molecule has 0 unspecified atom stereocenters. The fourth-order valence-corrected chi connectivity index (χ4v) is 3.30. The number of carbonyl (C=O) groups excluding carboxylic acids is 1. The van der Waals surface area contributed by atoms with Gasteiger partial charge in [-0.05, 0) is 31.2 Å². The number of aromatic nitrogens is 1. The predicted octanol–water partition coefficient (Wildman–Crippen LogP) is 4.28. The van der Waals surface area contributed by atoms with Gasteiger partial charge in [0.1, 0.15) is 5.75 Å². The number of amides is 2. The van der Waals surface area contributed by atoms with E-state index >= 15 is 0 Å². The van der Waals surface area contributed by atoms with Crippen LogP contribution in [0.5, 0.6) is 5.75 Å². The molecule has 1 aromatic heterocycles. The SMILES string of the molecule is CCn1c(-c2cccc(NC(=O)NCCCl)c2)c(N)c2ccc(OC)cc21. The van der Waals surface area contributed by atoms with Gasteiger partial charge in [-0.25, -0.2) is 4.79 Å². The van der Waals surface area contributed by atoms with E-state index in [4.69, 9.17) is 22.1 Å². The smallest absolute Gasteiger partial charge is 0.319 e. The van der Waals surface area contributed by atoms with E-state index in [0.717, 1.165) is 34.5 Å². The molecule has 0 aliphatic rings. The van der Waals surface area contributed by atoms with E-state index in [1.54, 1.807) is 7.11 Å². The molecule has 0 aliphatic heterocycles. The number of nitrogens with two attached hydrogens (primary N) is 1. The first-order chi connectivity index (χ1) is 13.1. The number of ether oxygens (including phenoxy) is 1. The number of benzene rings is 2. The Labute approximate surface area is 163 Å². The number of aryl methyl sites for hydroxylation is 1. The minimum atomic E-state index is -0.290. The summed E-state index contributed by atoms with van der Waals surface area (Å²) < 4.78 is 7.51. The number of alkyl halides is 1. The van der Waals surface area contributed by atoms with Crippen molar-refractivity contribution in [1.82, 2.24) is 9.88 Å². The highest BCUT2D eigenvalue weighted by atomic mass is 35.5. The van der Waals surface area contributed by atoms with Crippen molar-refractivity contribution in [1.29, 1.82) is 0 Å². The van der Waals surface area contributed by atoms with Crippen LogP contribution in [-0.4, -0.2) is 30.1 Å². The van der Waals surface area contributed by atoms with Crippen molar-refractivity contribution < 1.29 is 9.53 Å². The van der Waals surface area contributed by atoms with E-state index in [1.165, 1.54) is 0 Å². The maximum atomic E-state index is 11.9. The van der Waals surface area contributed by atoms with E-state index < -0.39 is 0 Å². The van der Waals surface area contributed by atoms with Crippen molar-refractivity contribution in [2.24, 2.45) is 0 Å². The van der Waals surface area contributed by atoms with Crippen molar-refractivity contribution >= 4 is 39.9 Å². The van der Waals surface area contributed by atoms with Crippen molar-refractivity contribution in [3.63, 3.8) is 0 Å². The molecule has 3 rings (SSSR count). The molecule has 1 heterocycles. The highest BCUT2D eigenvalue weighted by molar-refractivity contribution is 6.18. The molecular formula is C20H23ClN4O2. The number of nitrogens with one attached hydrogen (secondary N) is 2. The van der Waals surface area contributed by atoms with Crippen LogP contribution in [0, 0.1) is 0 Å². The number of rotatable bonds is 6. The van der Waals surface area contributed by atoms with Gasteiger partial charge < -0.3 is 25.7 Å². The monoisotopic (exact) mass is 386 g/mol. The summed E-state index contributed by atoms with van der Waals surface area (Å²) >= 11 is 5.60. The molecule has 6 nitrogen and oxygen atoms in total. The van der Waals surface area contributed by atoms with Crippen molar-refractivity contribution in [3.8, 4) is 17.0 Å². The van der Waals surface area contributed by atoms with Gasteiger partial charge in [0.15, 0.2) is 0 Å². The first-order valence-electron chi connectivity index (χ1n) is 8.76. The van der Waals surface area contributed by atoms with Crippen LogP contribution in [0.3, 0.4) is 0 Å². The van der Waals surface area contributed by atoms with Gasteiger partial charge in [-0.3, -0.25) is 0 Å². The van der Waals surface area contributed by atoms with Crippen LogP contribution < -0.4 is 21.1 Å². The number of nitrogen functional groups attached to an aromatic ring is 1. The Morgan fingerprint density at radius 3 is 2.78 bits per heavy atom. The number of anilines is 2. The second-order valence-corrected chi connectivity index (χ2v) is 6.42. The fraction of sp³-hybridized carbons (Fsp3) is 0.250. The molecular weight excluding hydrogens is 364 g/mol. The maximum absolute atomic E-state index is 11.9. The Bertz CT molecular complexity index is 968. The van der Waals surface area contributed by atoms with Crippen LogP contribution in [0.4, 0.5) is 16.2 Å². The summed E-state index contributed by atoms with van der Waals surface area (Å²) in [5.74, 6) is 1.15. The Kier molecular flexibility index (Phi) is 5.76. The average molecular weight is 387 g/mol. The summed E-state index contributed by atoms with van der Waals surface area (Å²) in [6.45, 7) is 3.24. The summed E-state index contributed by atoms with van der Waals surface area (Å²) in [4.78, 5) is 11.9. The molecule has 142 valence electrons. The predicted molar refractivity (Wildman–Crippen MR) is 112 cm³/mol. The first-order valence-corrected chi connectivity index (χ1v) is 9.29. The quantitative estimate of drug-likeness (QED) is 0.553. The summed E-state index contributed by atoms with van der Waals surface area (Å²) in [5.41, 5.74) is 10.7. The molecule has 0 atom stereocenters. The average Bonchev–Trinajstić information content (AvgIpc) is 2.97. The molecule has 0 saturated heterocycles. The third-order valence-corrected chi connectivity index (χ3v) is 4.59. The topological polar surface area (TPSA) is 81.3 Å². The fourth-order valence-electron chi connectivity index (χ4n) is 3.20. The Morgan fingerprint density at radius 2 is 2.07 bits per heavy atom. The first kappa shape index (κ1) is 18.9. The van der Waals surface area contributed by atoms with Crippen LogP contribution in [0.2, 0.25) is 0 Å². The van der Waals surface area contributed by atoms with Crippen LogP contribution in [0.25, 0.3) is 22.2 Å². The molecule has 4 N–H and O–H groups in total. The van der Waals surface area contributed by atoms with E-state index in [-0.39, 0.29) is 6.03 Å². The van der Waals surface area contributed by atoms with Gasteiger partial charge in [0.25, 0.3) is 0 Å². The number of hydrogen-bond acceptors (Lipinski definition) is 3. The molecule has 0 fully saturated rings. The Morgan fingerprint density at radius 1 is 1.26 bits per heavy atom. The van der Waals surface area contributed by atoms with E-state index in [2.05, 4.69) is 22.1 Å². The van der Waals surface area contributed by atoms with E-state index in [1.807, 2.05) is 42.5 Å². The minimum Gasteiger partial charge on any atom is -0.497 e. The van der Waals surface area contributed by atoms with Gasteiger partial charge in [-0.15, -0.1) is 11.6 Å². The third kappa shape index (κ3) is 3.80. The number of urea groups is 1. The molecule has 3 aromatic rings. The van der Waals surface area contributed by atoms with Crippen LogP contribution in [0.15, 0.2) is 42.5 Å². The third-order valence-electron chi connectivity index (χ3n) is 4.40. The second kappa shape index (κ2) is 8.22. The summed E-state index contributed by atoms with van der Waals surface area (Å²) in [6, 6.07) is 13.2. The van der Waals surface area contributed by atoms with Gasteiger partial charge in [-0.1, -0.05) is 12.1 Å². The molecule has 27 heavy (non-hydrogen) atoms. The maximum Gasteiger partial charge on any atom is 0.319 e.